The number of amides is 1. The number of carbonyl (C=O) groups excluding carboxylic acids is 1. The SMILES string of the molecule is COc1cccc(-c2nc(C(=O)N[C@@H](C)c3ccccc3Br)cs2)c1OC. The van der Waals surface area contributed by atoms with Crippen molar-refractivity contribution in [1.29, 1.82) is 0 Å². The Morgan fingerprint density at radius 3 is 2.63 bits per heavy atom. The van der Waals surface area contributed by atoms with Crippen LogP contribution in [0.1, 0.15) is 29.0 Å². The van der Waals surface area contributed by atoms with E-state index < -0.39 is 0 Å². The molecule has 0 saturated carbocycles. The summed E-state index contributed by atoms with van der Waals surface area (Å²) in [6.45, 7) is 1.94. The van der Waals surface area contributed by atoms with Crippen LogP contribution in [-0.4, -0.2) is 25.1 Å². The molecule has 140 valence electrons. The molecule has 1 N–H and O–H groups in total. The van der Waals surface area contributed by atoms with Gasteiger partial charge in [-0.15, -0.1) is 11.3 Å². The Morgan fingerprint density at radius 2 is 1.93 bits per heavy atom. The van der Waals surface area contributed by atoms with Crippen LogP contribution in [-0.2, 0) is 0 Å². The lowest BCUT2D eigenvalue weighted by Gasteiger charge is -2.15. The largest absolute Gasteiger partial charge is 0.493 e. The minimum Gasteiger partial charge on any atom is -0.493 e. The highest BCUT2D eigenvalue weighted by Gasteiger charge is 2.19. The molecule has 1 atom stereocenters. The number of methoxy groups -OCH3 is 2. The zero-order valence-electron chi connectivity index (χ0n) is 15.2. The van der Waals surface area contributed by atoms with Crippen molar-refractivity contribution >= 4 is 33.2 Å². The highest BCUT2D eigenvalue weighted by Crippen LogP contribution is 2.39. The van der Waals surface area contributed by atoms with Gasteiger partial charge in [0.2, 0.25) is 0 Å². The van der Waals surface area contributed by atoms with Gasteiger partial charge in [-0.2, -0.15) is 0 Å². The van der Waals surface area contributed by atoms with Gasteiger partial charge in [0, 0.05) is 9.85 Å². The number of ether oxygens (including phenoxy) is 2. The van der Waals surface area contributed by atoms with E-state index in [0.717, 1.165) is 15.6 Å². The summed E-state index contributed by atoms with van der Waals surface area (Å²) in [7, 11) is 3.17. The molecule has 1 aromatic heterocycles. The zero-order valence-corrected chi connectivity index (χ0v) is 17.6. The molecule has 2 aromatic carbocycles. The van der Waals surface area contributed by atoms with E-state index >= 15 is 0 Å². The normalized spacial score (nSPS) is 11.7. The number of thiazole rings is 1. The molecule has 5 nitrogen and oxygen atoms in total. The Labute approximate surface area is 170 Å². The Hall–Kier alpha value is -2.38. The molecule has 0 aliphatic carbocycles. The molecule has 1 amide bonds. The number of benzene rings is 2. The van der Waals surface area contributed by atoms with Crippen molar-refractivity contribution in [3.05, 3.63) is 63.6 Å². The van der Waals surface area contributed by atoms with Gasteiger partial charge in [-0.3, -0.25) is 4.79 Å². The Balaban J connectivity index is 1.82. The molecule has 27 heavy (non-hydrogen) atoms. The predicted octanol–water partition coefficient (Wildman–Crippen LogP) is 5.08. The maximum Gasteiger partial charge on any atom is 0.271 e. The van der Waals surface area contributed by atoms with Crippen molar-refractivity contribution in [3.8, 4) is 22.1 Å². The second kappa shape index (κ2) is 8.54. The van der Waals surface area contributed by atoms with E-state index in [2.05, 4.69) is 26.2 Å². The van der Waals surface area contributed by atoms with Crippen LogP contribution in [0.5, 0.6) is 11.5 Å². The molecule has 0 spiro atoms. The first-order valence-corrected chi connectivity index (χ1v) is 9.94. The van der Waals surface area contributed by atoms with Gasteiger partial charge in [0.15, 0.2) is 11.5 Å². The summed E-state index contributed by atoms with van der Waals surface area (Å²) in [4.78, 5) is 17.1. The van der Waals surface area contributed by atoms with E-state index in [0.29, 0.717) is 22.2 Å². The van der Waals surface area contributed by atoms with Crippen LogP contribution in [0, 0.1) is 0 Å². The third-order valence-corrected chi connectivity index (χ3v) is 5.69. The third kappa shape index (κ3) is 4.14. The molecule has 0 aliphatic heterocycles. The van der Waals surface area contributed by atoms with Crippen molar-refractivity contribution in [2.24, 2.45) is 0 Å². The standard InChI is InChI=1S/C20H19BrN2O3S/c1-12(13-7-4-5-9-15(13)21)22-19(24)16-11-27-20(23-16)14-8-6-10-17(25-2)18(14)26-3/h4-12H,1-3H3,(H,22,24)/t12-/m0/s1. The highest BCUT2D eigenvalue weighted by atomic mass is 79.9. The molecule has 7 heteroatoms. The third-order valence-electron chi connectivity index (χ3n) is 4.09. The highest BCUT2D eigenvalue weighted by molar-refractivity contribution is 9.10. The van der Waals surface area contributed by atoms with Crippen LogP contribution in [0.15, 0.2) is 52.3 Å². The molecule has 1 heterocycles. The number of para-hydroxylation sites is 1. The Bertz CT molecular complexity index is 958. The summed E-state index contributed by atoms with van der Waals surface area (Å²) in [6, 6.07) is 13.2. The molecule has 0 unspecified atom stereocenters. The molecular formula is C20H19BrN2O3S. The summed E-state index contributed by atoms with van der Waals surface area (Å²) in [5, 5.41) is 5.43. The smallest absolute Gasteiger partial charge is 0.271 e. The van der Waals surface area contributed by atoms with E-state index in [1.807, 2.05) is 49.4 Å². The lowest BCUT2D eigenvalue weighted by Crippen LogP contribution is -2.27. The summed E-state index contributed by atoms with van der Waals surface area (Å²) in [6.07, 6.45) is 0. The van der Waals surface area contributed by atoms with Gasteiger partial charge in [-0.25, -0.2) is 4.98 Å². The second-order valence-electron chi connectivity index (χ2n) is 5.80. The number of rotatable bonds is 6. The van der Waals surface area contributed by atoms with Crippen molar-refractivity contribution in [2.75, 3.05) is 14.2 Å². The Kier molecular flexibility index (Phi) is 6.13. The maximum atomic E-state index is 12.6. The molecule has 0 fully saturated rings. The van der Waals surface area contributed by atoms with Crippen molar-refractivity contribution < 1.29 is 14.3 Å². The summed E-state index contributed by atoms with van der Waals surface area (Å²) in [5.74, 6) is 1.00. The van der Waals surface area contributed by atoms with Crippen LogP contribution < -0.4 is 14.8 Å². The van der Waals surface area contributed by atoms with Gasteiger partial charge in [0.25, 0.3) is 5.91 Å². The topological polar surface area (TPSA) is 60.5 Å². The van der Waals surface area contributed by atoms with Gasteiger partial charge in [0.05, 0.1) is 25.8 Å². The van der Waals surface area contributed by atoms with E-state index in [1.165, 1.54) is 11.3 Å². The van der Waals surface area contributed by atoms with Crippen molar-refractivity contribution in [1.82, 2.24) is 10.3 Å². The molecule has 0 saturated heterocycles. The van der Waals surface area contributed by atoms with E-state index in [4.69, 9.17) is 9.47 Å². The number of aromatic nitrogens is 1. The minimum absolute atomic E-state index is 0.149. The summed E-state index contributed by atoms with van der Waals surface area (Å²) < 4.78 is 11.8. The fraction of sp³-hybridized carbons (Fsp3) is 0.200. The van der Waals surface area contributed by atoms with Crippen LogP contribution in [0.3, 0.4) is 0 Å². The average molecular weight is 447 g/mol. The zero-order chi connectivity index (χ0) is 19.4. The fourth-order valence-corrected chi connectivity index (χ4v) is 4.18. The Morgan fingerprint density at radius 1 is 1.15 bits per heavy atom. The lowest BCUT2D eigenvalue weighted by atomic mass is 10.1. The summed E-state index contributed by atoms with van der Waals surface area (Å²) in [5.41, 5.74) is 2.18. The van der Waals surface area contributed by atoms with Gasteiger partial charge in [-0.05, 0) is 30.7 Å². The number of nitrogens with zero attached hydrogens (tertiary/aromatic N) is 1. The van der Waals surface area contributed by atoms with Gasteiger partial charge in [0.1, 0.15) is 10.7 Å². The molecule has 0 aliphatic rings. The molecule has 3 aromatic rings. The van der Waals surface area contributed by atoms with E-state index in [1.54, 1.807) is 19.6 Å². The molecule has 3 rings (SSSR count). The first-order valence-electron chi connectivity index (χ1n) is 8.27. The molecule has 0 bridgehead atoms. The quantitative estimate of drug-likeness (QED) is 0.573. The maximum absolute atomic E-state index is 12.6. The first kappa shape index (κ1) is 19.4. The predicted molar refractivity (Wildman–Crippen MR) is 111 cm³/mol. The van der Waals surface area contributed by atoms with Crippen LogP contribution in [0.2, 0.25) is 0 Å². The van der Waals surface area contributed by atoms with Crippen LogP contribution in [0.25, 0.3) is 10.6 Å². The summed E-state index contributed by atoms with van der Waals surface area (Å²) >= 11 is 4.91. The van der Waals surface area contributed by atoms with E-state index in [-0.39, 0.29) is 11.9 Å². The lowest BCUT2D eigenvalue weighted by molar-refractivity contribution is 0.0935. The minimum atomic E-state index is -0.220. The van der Waals surface area contributed by atoms with E-state index in [9.17, 15) is 4.79 Å². The number of carbonyl (C=O) groups is 1. The average Bonchev–Trinajstić information content (AvgIpc) is 3.17. The fourth-order valence-electron chi connectivity index (χ4n) is 2.73. The molecular weight excluding hydrogens is 428 g/mol. The second-order valence-corrected chi connectivity index (χ2v) is 7.51. The van der Waals surface area contributed by atoms with Crippen LogP contribution in [0.4, 0.5) is 0 Å². The van der Waals surface area contributed by atoms with Crippen molar-refractivity contribution in [3.63, 3.8) is 0 Å². The number of hydrogen-bond acceptors (Lipinski definition) is 5. The van der Waals surface area contributed by atoms with Gasteiger partial charge < -0.3 is 14.8 Å². The van der Waals surface area contributed by atoms with Crippen LogP contribution >= 0.6 is 27.3 Å². The van der Waals surface area contributed by atoms with Gasteiger partial charge in [-0.1, -0.05) is 40.2 Å². The number of nitrogens with one attached hydrogen (secondary N) is 1. The number of hydrogen-bond donors (Lipinski definition) is 1. The molecule has 0 radical (unpaired) electrons. The first-order chi connectivity index (χ1) is 13.0. The number of halogens is 1. The van der Waals surface area contributed by atoms with Gasteiger partial charge >= 0.3 is 0 Å². The van der Waals surface area contributed by atoms with Crippen molar-refractivity contribution in [2.45, 2.75) is 13.0 Å². The monoisotopic (exact) mass is 446 g/mol.